The molecular formula is C18H25N3. The molecule has 1 aliphatic rings. The Morgan fingerprint density at radius 1 is 1.29 bits per heavy atom. The molecule has 3 heteroatoms. The fraction of sp³-hybridized carbons (Fsp3) is 0.500. The first-order valence-corrected chi connectivity index (χ1v) is 8.06. The van der Waals surface area contributed by atoms with Gasteiger partial charge in [-0.25, -0.2) is 0 Å². The summed E-state index contributed by atoms with van der Waals surface area (Å²) in [4.78, 5) is 7.12. The van der Waals surface area contributed by atoms with Crippen molar-refractivity contribution >= 4 is 10.8 Å². The Hall–Kier alpha value is -1.45. The van der Waals surface area contributed by atoms with E-state index in [9.17, 15) is 0 Å². The predicted octanol–water partition coefficient (Wildman–Crippen LogP) is 3.23. The molecule has 2 heterocycles. The molecule has 2 aromatic rings. The molecule has 3 rings (SSSR count). The van der Waals surface area contributed by atoms with Crippen molar-refractivity contribution in [2.45, 2.75) is 25.8 Å². The number of benzene rings is 1. The van der Waals surface area contributed by atoms with Crippen molar-refractivity contribution in [3.8, 4) is 0 Å². The van der Waals surface area contributed by atoms with Gasteiger partial charge in [-0.2, -0.15) is 0 Å². The van der Waals surface area contributed by atoms with Gasteiger partial charge in [-0.3, -0.25) is 9.88 Å². The van der Waals surface area contributed by atoms with Crippen LogP contribution in [0.2, 0.25) is 0 Å². The summed E-state index contributed by atoms with van der Waals surface area (Å²) in [6.45, 7) is 5.65. The number of aromatic nitrogens is 1. The SMILES string of the molecule is CCN1CCCC(CNC)C1c1cncc2ccccc12. The van der Waals surface area contributed by atoms with Crippen LogP contribution in [-0.2, 0) is 0 Å². The summed E-state index contributed by atoms with van der Waals surface area (Å²) in [5.74, 6) is 0.663. The zero-order valence-corrected chi connectivity index (χ0v) is 13.0. The standard InChI is InChI=1S/C18H25N3/c1-3-21-10-6-8-15(11-19-2)18(21)17-13-20-12-14-7-4-5-9-16(14)17/h4-5,7,9,12-13,15,18-19H,3,6,8,10-11H2,1-2H3. The van der Waals surface area contributed by atoms with Crippen molar-refractivity contribution in [3.63, 3.8) is 0 Å². The third kappa shape index (κ3) is 2.81. The molecule has 0 bridgehead atoms. The zero-order chi connectivity index (χ0) is 14.7. The van der Waals surface area contributed by atoms with E-state index in [4.69, 9.17) is 0 Å². The molecule has 0 amide bonds. The first-order valence-electron chi connectivity index (χ1n) is 8.06. The Bertz CT molecular complexity index is 589. The van der Waals surface area contributed by atoms with Gasteiger partial charge in [0, 0.05) is 23.8 Å². The number of likely N-dealkylation sites (tertiary alicyclic amines) is 1. The first kappa shape index (κ1) is 14.5. The molecule has 3 nitrogen and oxygen atoms in total. The minimum atomic E-state index is 0.481. The van der Waals surface area contributed by atoms with Crippen LogP contribution in [0.25, 0.3) is 10.8 Å². The van der Waals surface area contributed by atoms with E-state index in [-0.39, 0.29) is 0 Å². The van der Waals surface area contributed by atoms with Crippen LogP contribution in [0.5, 0.6) is 0 Å². The van der Waals surface area contributed by atoms with Crippen LogP contribution in [0.3, 0.4) is 0 Å². The maximum Gasteiger partial charge on any atom is 0.0409 e. The summed E-state index contributed by atoms with van der Waals surface area (Å²) in [7, 11) is 2.06. The first-order chi connectivity index (χ1) is 10.3. The van der Waals surface area contributed by atoms with Crippen molar-refractivity contribution in [3.05, 3.63) is 42.2 Å². The number of piperidine rings is 1. The van der Waals surface area contributed by atoms with Gasteiger partial charge in [-0.05, 0) is 56.4 Å². The normalized spacial score (nSPS) is 23.5. The molecule has 0 aliphatic carbocycles. The van der Waals surface area contributed by atoms with Gasteiger partial charge >= 0.3 is 0 Å². The summed E-state index contributed by atoms with van der Waals surface area (Å²) < 4.78 is 0. The van der Waals surface area contributed by atoms with Crippen LogP contribution in [0, 0.1) is 5.92 Å². The van der Waals surface area contributed by atoms with Gasteiger partial charge < -0.3 is 5.32 Å². The third-order valence-electron chi connectivity index (χ3n) is 4.75. The van der Waals surface area contributed by atoms with Crippen molar-refractivity contribution in [2.24, 2.45) is 5.92 Å². The molecule has 1 N–H and O–H groups in total. The van der Waals surface area contributed by atoms with Gasteiger partial charge in [-0.1, -0.05) is 31.2 Å². The van der Waals surface area contributed by atoms with Crippen molar-refractivity contribution in [1.29, 1.82) is 0 Å². The highest BCUT2D eigenvalue weighted by Gasteiger charge is 2.32. The summed E-state index contributed by atoms with van der Waals surface area (Å²) in [5, 5.41) is 5.99. The summed E-state index contributed by atoms with van der Waals surface area (Å²) >= 11 is 0. The molecule has 0 saturated carbocycles. The number of hydrogen-bond acceptors (Lipinski definition) is 3. The van der Waals surface area contributed by atoms with E-state index in [0.717, 1.165) is 13.1 Å². The van der Waals surface area contributed by atoms with Gasteiger partial charge in [0.15, 0.2) is 0 Å². The largest absolute Gasteiger partial charge is 0.319 e. The topological polar surface area (TPSA) is 28.2 Å². The fourth-order valence-electron chi connectivity index (χ4n) is 3.81. The molecule has 0 radical (unpaired) electrons. The average molecular weight is 283 g/mol. The Morgan fingerprint density at radius 2 is 2.14 bits per heavy atom. The molecule has 1 aromatic heterocycles. The Labute approximate surface area is 127 Å². The molecule has 1 fully saturated rings. The zero-order valence-electron chi connectivity index (χ0n) is 13.0. The van der Waals surface area contributed by atoms with E-state index in [2.05, 4.69) is 59.6 Å². The number of rotatable bonds is 4. The Kier molecular flexibility index (Phi) is 4.51. The lowest BCUT2D eigenvalue weighted by molar-refractivity contribution is 0.0990. The van der Waals surface area contributed by atoms with Crippen LogP contribution in [-0.4, -0.2) is 36.6 Å². The minimum Gasteiger partial charge on any atom is -0.319 e. The number of fused-ring (bicyclic) bond motifs is 1. The molecule has 1 aliphatic heterocycles. The van der Waals surface area contributed by atoms with Crippen molar-refractivity contribution in [2.75, 3.05) is 26.7 Å². The van der Waals surface area contributed by atoms with Crippen LogP contribution in [0.4, 0.5) is 0 Å². The lowest BCUT2D eigenvalue weighted by atomic mass is 9.83. The molecule has 21 heavy (non-hydrogen) atoms. The van der Waals surface area contributed by atoms with Gasteiger partial charge in [-0.15, -0.1) is 0 Å². The van der Waals surface area contributed by atoms with E-state index in [0.29, 0.717) is 12.0 Å². The van der Waals surface area contributed by atoms with E-state index >= 15 is 0 Å². The number of pyridine rings is 1. The highest BCUT2D eigenvalue weighted by Crippen LogP contribution is 2.38. The maximum absolute atomic E-state index is 4.50. The summed E-state index contributed by atoms with van der Waals surface area (Å²) in [6, 6.07) is 9.12. The van der Waals surface area contributed by atoms with Gasteiger partial charge in [0.25, 0.3) is 0 Å². The predicted molar refractivity (Wildman–Crippen MR) is 88.4 cm³/mol. The highest BCUT2D eigenvalue weighted by molar-refractivity contribution is 5.85. The second-order valence-electron chi connectivity index (χ2n) is 5.98. The molecular weight excluding hydrogens is 258 g/mol. The second-order valence-corrected chi connectivity index (χ2v) is 5.98. The van der Waals surface area contributed by atoms with Crippen LogP contribution < -0.4 is 5.32 Å². The van der Waals surface area contributed by atoms with Crippen LogP contribution in [0.1, 0.15) is 31.4 Å². The molecule has 112 valence electrons. The van der Waals surface area contributed by atoms with E-state index in [1.807, 2.05) is 6.20 Å². The maximum atomic E-state index is 4.50. The minimum absolute atomic E-state index is 0.481. The lowest BCUT2D eigenvalue weighted by Gasteiger charge is -2.41. The lowest BCUT2D eigenvalue weighted by Crippen LogP contribution is -2.42. The average Bonchev–Trinajstić information content (AvgIpc) is 2.54. The monoisotopic (exact) mass is 283 g/mol. The summed E-state index contributed by atoms with van der Waals surface area (Å²) in [5.41, 5.74) is 1.40. The van der Waals surface area contributed by atoms with Crippen molar-refractivity contribution in [1.82, 2.24) is 15.2 Å². The van der Waals surface area contributed by atoms with Gasteiger partial charge in [0.05, 0.1) is 0 Å². The molecule has 1 saturated heterocycles. The van der Waals surface area contributed by atoms with E-state index in [1.54, 1.807) is 0 Å². The molecule has 0 spiro atoms. The number of nitrogens with zero attached hydrogens (tertiary/aromatic N) is 2. The fourth-order valence-corrected chi connectivity index (χ4v) is 3.81. The number of nitrogens with one attached hydrogen (secondary N) is 1. The summed E-state index contributed by atoms with van der Waals surface area (Å²) in [6.07, 6.45) is 6.66. The smallest absolute Gasteiger partial charge is 0.0409 e. The van der Waals surface area contributed by atoms with Gasteiger partial charge in [0.2, 0.25) is 0 Å². The quantitative estimate of drug-likeness (QED) is 0.934. The van der Waals surface area contributed by atoms with Crippen molar-refractivity contribution < 1.29 is 0 Å². The molecule has 1 aromatic carbocycles. The van der Waals surface area contributed by atoms with E-state index in [1.165, 1.54) is 35.7 Å². The van der Waals surface area contributed by atoms with Crippen LogP contribution >= 0.6 is 0 Å². The second kappa shape index (κ2) is 6.54. The Morgan fingerprint density at radius 3 is 2.95 bits per heavy atom. The third-order valence-corrected chi connectivity index (χ3v) is 4.75. The Balaban J connectivity index is 2.07. The van der Waals surface area contributed by atoms with Gasteiger partial charge in [0.1, 0.15) is 0 Å². The molecule has 2 atom stereocenters. The van der Waals surface area contributed by atoms with E-state index < -0.39 is 0 Å². The number of hydrogen-bond donors (Lipinski definition) is 1. The van der Waals surface area contributed by atoms with Crippen LogP contribution in [0.15, 0.2) is 36.7 Å². The molecule has 2 unspecified atom stereocenters. The highest BCUT2D eigenvalue weighted by atomic mass is 15.2.